The second-order valence-electron chi connectivity index (χ2n) is 7.40. The van der Waals surface area contributed by atoms with Crippen molar-refractivity contribution in [3.63, 3.8) is 0 Å². The van der Waals surface area contributed by atoms with Crippen LogP contribution in [0.3, 0.4) is 0 Å². The van der Waals surface area contributed by atoms with Crippen molar-refractivity contribution in [1.29, 1.82) is 0 Å². The van der Waals surface area contributed by atoms with Crippen LogP contribution in [-0.4, -0.2) is 41.2 Å². The summed E-state index contributed by atoms with van der Waals surface area (Å²) >= 11 is 1.41. The fourth-order valence-corrected chi connectivity index (χ4v) is 4.47. The summed E-state index contributed by atoms with van der Waals surface area (Å²) in [6.07, 6.45) is 1.63. The lowest BCUT2D eigenvalue weighted by Crippen LogP contribution is -2.34. The number of carbonyl (C=O) groups is 1. The maximum Gasteiger partial charge on any atom is 0.261 e. The molecule has 30 heavy (non-hydrogen) atoms. The number of thiophene rings is 1. The molecular weight excluding hydrogens is 403 g/mol. The average Bonchev–Trinajstić information content (AvgIpc) is 3.43. The summed E-state index contributed by atoms with van der Waals surface area (Å²) in [5.41, 5.74) is 1.82. The van der Waals surface area contributed by atoms with Gasteiger partial charge in [0.2, 0.25) is 0 Å². The SMILES string of the molecule is Cc1nn(Cc2ccc(F)cc2)c2sc(C(=O)NC[C@H](c3ccco3)N(C)C)cc12. The third-order valence-electron chi connectivity index (χ3n) is 5.03. The Morgan fingerprint density at radius 2 is 2.07 bits per heavy atom. The Kier molecular flexibility index (Phi) is 5.69. The molecule has 0 fully saturated rings. The predicted molar refractivity (Wildman–Crippen MR) is 115 cm³/mol. The van der Waals surface area contributed by atoms with Gasteiger partial charge in [0, 0.05) is 11.9 Å². The molecule has 1 aromatic carbocycles. The van der Waals surface area contributed by atoms with E-state index in [2.05, 4.69) is 10.4 Å². The first kappa shape index (κ1) is 20.3. The van der Waals surface area contributed by atoms with Crippen LogP contribution in [0.25, 0.3) is 10.2 Å². The molecule has 0 unspecified atom stereocenters. The van der Waals surface area contributed by atoms with Crippen LogP contribution in [0.15, 0.2) is 53.1 Å². The highest BCUT2D eigenvalue weighted by Crippen LogP contribution is 2.29. The van der Waals surface area contributed by atoms with Gasteiger partial charge in [-0.05, 0) is 56.9 Å². The van der Waals surface area contributed by atoms with E-state index in [1.54, 1.807) is 18.4 Å². The van der Waals surface area contributed by atoms with Gasteiger partial charge in [0.1, 0.15) is 16.4 Å². The van der Waals surface area contributed by atoms with Crippen LogP contribution in [0, 0.1) is 12.7 Å². The van der Waals surface area contributed by atoms with Crippen molar-refractivity contribution < 1.29 is 13.6 Å². The van der Waals surface area contributed by atoms with E-state index in [0.29, 0.717) is 18.0 Å². The number of nitrogens with one attached hydrogen (secondary N) is 1. The molecule has 6 nitrogen and oxygen atoms in total. The number of carbonyl (C=O) groups excluding carboxylic acids is 1. The number of halogens is 1. The summed E-state index contributed by atoms with van der Waals surface area (Å²) in [6, 6.07) is 12.0. The molecule has 1 amide bonds. The van der Waals surface area contributed by atoms with Crippen LogP contribution in [0.2, 0.25) is 0 Å². The van der Waals surface area contributed by atoms with Crippen molar-refractivity contribution in [2.24, 2.45) is 0 Å². The minimum Gasteiger partial charge on any atom is -0.468 e. The van der Waals surface area contributed by atoms with Gasteiger partial charge in [0.05, 0.1) is 29.4 Å². The number of likely N-dealkylation sites (N-methyl/N-ethyl adjacent to an activating group) is 1. The summed E-state index contributed by atoms with van der Waals surface area (Å²) in [4.78, 5) is 16.4. The van der Waals surface area contributed by atoms with Crippen LogP contribution < -0.4 is 5.32 Å². The van der Waals surface area contributed by atoms with Gasteiger partial charge in [0.25, 0.3) is 5.91 Å². The largest absolute Gasteiger partial charge is 0.468 e. The normalized spacial score (nSPS) is 12.6. The molecule has 0 radical (unpaired) electrons. The van der Waals surface area contributed by atoms with Crippen LogP contribution in [0.1, 0.15) is 32.7 Å². The molecule has 1 N–H and O–H groups in total. The molecule has 3 heterocycles. The number of hydrogen-bond acceptors (Lipinski definition) is 5. The van der Waals surface area contributed by atoms with Crippen molar-refractivity contribution in [2.75, 3.05) is 20.6 Å². The third-order valence-corrected chi connectivity index (χ3v) is 6.17. The number of rotatable bonds is 7. The monoisotopic (exact) mass is 426 g/mol. The summed E-state index contributed by atoms with van der Waals surface area (Å²) in [6.45, 7) is 2.89. The van der Waals surface area contributed by atoms with E-state index in [9.17, 15) is 9.18 Å². The Bertz CT molecular complexity index is 1150. The third kappa shape index (κ3) is 4.15. The zero-order valence-electron chi connectivity index (χ0n) is 17.1. The number of amides is 1. The van der Waals surface area contributed by atoms with Gasteiger partial charge in [-0.25, -0.2) is 4.39 Å². The maximum absolute atomic E-state index is 13.2. The fourth-order valence-electron chi connectivity index (χ4n) is 3.39. The number of hydrogen-bond donors (Lipinski definition) is 1. The van der Waals surface area contributed by atoms with Crippen molar-refractivity contribution in [3.05, 3.63) is 76.4 Å². The Morgan fingerprint density at radius 1 is 1.30 bits per heavy atom. The second-order valence-corrected chi connectivity index (χ2v) is 8.43. The molecule has 0 aliphatic heterocycles. The first-order valence-electron chi connectivity index (χ1n) is 9.62. The molecule has 0 saturated heterocycles. The Balaban J connectivity index is 1.51. The van der Waals surface area contributed by atoms with E-state index in [0.717, 1.165) is 27.2 Å². The van der Waals surface area contributed by atoms with Gasteiger partial charge in [0.15, 0.2) is 0 Å². The second kappa shape index (κ2) is 8.41. The highest BCUT2D eigenvalue weighted by molar-refractivity contribution is 7.20. The molecule has 8 heteroatoms. The fraction of sp³-hybridized carbons (Fsp3) is 0.273. The van der Waals surface area contributed by atoms with Crippen molar-refractivity contribution in [2.45, 2.75) is 19.5 Å². The van der Waals surface area contributed by atoms with Gasteiger partial charge in [-0.3, -0.25) is 14.4 Å². The van der Waals surface area contributed by atoms with Crippen LogP contribution in [-0.2, 0) is 6.54 Å². The summed E-state index contributed by atoms with van der Waals surface area (Å²) in [7, 11) is 3.90. The maximum atomic E-state index is 13.2. The molecule has 156 valence electrons. The van der Waals surface area contributed by atoms with Gasteiger partial charge in [-0.2, -0.15) is 5.10 Å². The lowest BCUT2D eigenvalue weighted by molar-refractivity contribution is 0.0943. The Labute approximate surface area is 177 Å². The molecule has 0 aliphatic carbocycles. The molecule has 0 bridgehead atoms. The highest BCUT2D eigenvalue weighted by atomic mass is 32.1. The smallest absolute Gasteiger partial charge is 0.261 e. The van der Waals surface area contributed by atoms with E-state index in [1.807, 2.05) is 48.8 Å². The molecule has 3 aromatic heterocycles. The average molecular weight is 427 g/mol. The molecule has 0 saturated carbocycles. The molecule has 0 aliphatic rings. The highest BCUT2D eigenvalue weighted by Gasteiger charge is 2.20. The van der Waals surface area contributed by atoms with Crippen molar-refractivity contribution >= 4 is 27.5 Å². The standard InChI is InChI=1S/C22H23FN4O2S/c1-14-17-11-20(21(28)24-12-18(26(2)3)19-5-4-10-29-19)30-22(17)27(25-14)13-15-6-8-16(23)9-7-15/h4-11,18H,12-13H2,1-3H3,(H,24,28)/t18-/m1/s1. The number of furan rings is 1. The molecule has 0 spiro atoms. The van der Waals surface area contributed by atoms with Crippen molar-refractivity contribution in [3.8, 4) is 0 Å². The van der Waals surface area contributed by atoms with E-state index in [-0.39, 0.29) is 17.8 Å². The van der Waals surface area contributed by atoms with Crippen LogP contribution in [0.4, 0.5) is 4.39 Å². The Hall–Kier alpha value is -2.97. The number of aromatic nitrogens is 2. The molecular formula is C22H23FN4O2S. The predicted octanol–water partition coefficient (Wildman–Crippen LogP) is 4.22. The Morgan fingerprint density at radius 3 is 2.73 bits per heavy atom. The quantitative estimate of drug-likeness (QED) is 0.481. The summed E-state index contributed by atoms with van der Waals surface area (Å²) < 4.78 is 20.5. The lowest BCUT2D eigenvalue weighted by atomic mass is 10.2. The zero-order chi connectivity index (χ0) is 21.3. The van der Waals surface area contributed by atoms with Crippen molar-refractivity contribution in [1.82, 2.24) is 20.0 Å². The first-order valence-corrected chi connectivity index (χ1v) is 10.4. The summed E-state index contributed by atoms with van der Waals surface area (Å²) in [5.74, 6) is 0.422. The number of benzene rings is 1. The van der Waals surface area contributed by atoms with Crippen LogP contribution >= 0.6 is 11.3 Å². The minimum atomic E-state index is -0.263. The van der Waals surface area contributed by atoms with Gasteiger partial charge in [-0.1, -0.05) is 12.1 Å². The summed E-state index contributed by atoms with van der Waals surface area (Å²) in [5, 5.41) is 8.55. The molecule has 4 aromatic rings. The number of aryl methyl sites for hydroxylation is 1. The van der Waals surface area contributed by atoms with Gasteiger partial charge < -0.3 is 9.73 Å². The number of fused-ring (bicyclic) bond motifs is 1. The van der Waals surface area contributed by atoms with Crippen LogP contribution in [0.5, 0.6) is 0 Å². The van der Waals surface area contributed by atoms with E-state index in [4.69, 9.17) is 4.42 Å². The topological polar surface area (TPSA) is 63.3 Å². The molecule has 4 rings (SSSR count). The lowest BCUT2D eigenvalue weighted by Gasteiger charge is -2.22. The van der Waals surface area contributed by atoms with E-state index in [1.165, 1.54) is 23.5 Å². The van der Waals surface area contributed by atoms with Gasteiger partial charge >= 0.3 is 0 Å². The zero-order valence-corrected chi connectivity index (χ0v) is 17.9. The minimum absolute atomic E-state index is 0.0472. The van der Waals surface area contributed by atoms with Gasteiger partial charge in [-0.15, -0.1) is 11.3 Å². The first-order chi connectivity index (χ1) is 14.4. The molecule has 1 atom stereocenters. The van der Waals surface area contributed by atoms with E-state index >= 15 is 0 Å². The number of nitrogens with zero attached hydrogens (tertiary/aromatic N) is 3. The van der Waals surface area contributed by atoms with E-state index < -0.39 is 0 Å².